The highest BCUT2D eigenvalue weighted by atomic mass is 19.3. The number of carboxylic acid groups (broad SMARTS) is 1. The van der Waals surface area contributed by atoms with Crippen molar-refractivity contribution in [1.82, 2.24) is 0 Å². The summed E-state index contributed by atoms with van der Waals surface area (Å²) in [4.78, 5) is 10.2. The molecule has 0 amide bonds. The van der Waals surface area contributed by atoms with Gasteiger partial charge in [-0.05, 0) is 6.07 Å². The third kappa shape index (κ3) is 3.77. The minimum atomic E-state index is -3.70. The van der Waals surface area contributed by atoms with Crippen LogP contribution in [0.5, 0.6) is 11.5 Å². The molecular formula is C12H13F3O5. The SMILES string of the molecule is COc1cc(F)c(C(F)(F)COCC(=O)O)cc1OC. The molecule has 0 atom stereocenters. The Bertz CT molecular complexity index is 490. The Morgan fingerprint density at radius 2 is 1.80 bits per heavy atom. The van der Waals surface area contributed by atoms with Crippen molar-refractivity contribution in [3.63, 3.8) is 0 Å². The fraction of sp³-hybridized carbons (Fsp3) is 0.417. The van der Waals surface area contributed by atoms with Crippen LogP contribution in [0.2, 0.25) is 0 Å². The molecule has 20 heavy (non-hydrogen) atoms. The zero-order valence-electron chi connectivity index (χ0n) is 10.8. The van der Waals surface area contributed by atoms with Crippen LogP contribution >= 0.6 is 0 Å². The number of halogens is 3. The molecule has 5 nitrogen and oxygen atoms in total. The van der Waals surface area contributed by atoms with Crippen molar-refractivity contribution in [3.05, 3.63) is 23.5 Å². The van der Waals surface area contributed by atoms with Gasteiger partial charge in [0.25, 0.3) is 5.92 Å². The molecule has 0 unspecified atom stereocenters. The van der Waals surface area contributed by atoms with Gasteiger partial charge in [-0.1, -0.05) is 0 Å². The number of rotatable bonds is 7. The predicted molar refractivity (Wildman–Crippen MR) is 61.9 cm³/mol. The van der Waals surface area contributed by atoms with Crippen molar-refractivity contribution in [1.29, 1.82) is 0 Å². The van der Waals surface area contributed by atoms with E-state index in [2.05, 4.69) is 4.74 Å². The number of hydrogen-bond donors (Lipinski definition) is 1. The van der Waals surface area contributed by atoms with E-state index in [1.54, 1.807) is 0 Å². The summed E-state index contributed by atoms with van der Waals surface area (Å²) in [7, 11) is 2.46. The van der Waals surface area contributed by atoms with Gasteiger partial charge in [0.05, 0.1) is 19.8 Å². The van der Waals surface area contributed by atoms with Gasteiger partial charge in [-0.2, -0.15) is 8.78 Å². The molecule has 1 rings (SSSR count). The second-order valence-corrected chi connectivity index (χ2v) is 3.78. The second kappa shape index (κ2) is 6.47. The van der Waals surface area contributed by atoms with Crippen molar-refractivity contribution < 1.29 is 37.3 Å². The molecule has 0 bridgehead atoms. The van der Waals surface area contributed by atoms with Gasteiger partial charge in [-0.25, -0.2) is 9.18 Å². The first-order chi connectivity index (χ1) is 9.31. The maximum atomic E-state index is 13.8. The molecule has 0 aliphatic rings. The number of alkyl halides is 2. The number of benzene rings is 1. The topological polar surface area (TPSA) is 65.0 Å². The van der Waals surface area contributed by atoms with E-state index in [0.29, 0.717) is 0 Å². The molecule has 8 heteroatoms. The van der Waals surface area contributed by atoms with Crippen molar-refractivity contribution in [2.24, 2.45) is 0 Å². The van der Waals surface area contributed by atoms with Gasteiger partial charge in [0, 0.05) is 6.07 Å². The summed E-state index contributed by atoms with van der Waals surface area (Å²) >= 11 is 0. The van der Waals surface area contributed by atoms with Gasteiger partial charge in [0.15, 0.2) is 11.5 Å². The van der Waals surface area contributed by atoms with Gasteiger partial charge in [0.2, 0.25) is 0 Å². The van der Waals surface area contributed by atoms with E-state index in [-0.39, 0.29) is 11.5 Å². The Morgan fingerprint density at radius 1 is 1.25 bits per heavy atom. The van der Waals surface area contributed by atoms with Gasteiger partial charge in [-0.3, -0.25) is 0 Å². The molecule has 112 valence electrons. The molecule has 0 aliphatic heterocycles. The Balaban J connectivity index is 3.01. The van der Waals surface area contributed by atoms with Gasteiger partial charge >= 0.3 is 5.97 Å². The zero-order chi connectivity index (χ0) is 15.3. The van der Waals surface area contributed by atoms with Crippen LogP contribution in [0.1, 0.15) is 5.56 Å². The summed E-state index contributed by atoms with van der Waals surface area (Å²) < 4.78 is 55.1. The number of methoxy groups -OCH3 is 2. The average Bonchev–Trinajstić information content (AvgIpc) is 2.37. The Labute approximate surface area is 112 Å². The first-order valence-corrected chi connectivity index (χ1v) is 5.41. The van der Waals surface area contributed by atoms with E-state index in [9.17, 15) is 18.0 Å². The smallest absolute Gasteiger partial charge is 0.329 e. The van der Waals surface area contributed by atoms with E-state index in [0.717, 1.165) is 12.1 Å². The number of ether oxygens (including phenoxy) is 3. The number of carboxylic acids is 1. The molecule has 1 aromatic rings. The van der Waals surface area contributed by atoms with E-state index in [4.69, 9.17) is 14.6 Å². The van der Waals surface area contributed by atoms with Crippen LogP contribution in [0, 0.1) is 5.82 Å². The van der Waals surface area contributed by atoms with E-state index < -0.39 is 36.5 Å². The molecule has 0 spiro atoms. The summed E-state index contributed by atoms with van der Waals surface area (Å²) in [6.07, 6.45) is 0. The van der Waals surface area contributed by atoms with Gasteiger partial charge in [0.1, 0.15) is 19.0 Å². The molecule has 0 aromatic heterocycles. The Hall–Kier alpha value is -1.96. The largest absolute Gasteiger partial charge is 0.493 e. The molecular weight excluding hydrogens is 281 g/mol. The maximum absolute atomic E-state index is 13.8. The standard InChI is InChI=1S/C12H13F3O5/c1-18-9-3-7(8(13)4-10(9)19-2)12(14,15)6-20-5-11(16)17/h3-4H,5-6H2,1-2H3,(H,16,17). The molecule has 1 N–H and O–H groups in total. The minimum Gasteiger partial charge on any atom is -0.493 e. The number of carbonyl (C=O) groups is 1. The molecule has 0 radical (unpaired) electrons. The number of aliphatic carboxylic acids is 1. The monoisotopic (exact) mass is 294 g/mol. The normalized spacial score (nSPS) is 11.2. The lowest BCUT2D eigenvalue weighted by atomic mass is 10.1. The molecule has 0 saturated heterocycles. The Morgan fingerprint density at radius 3 is 2.30 bits per heavy atom. The lowest BCUT2D eigenvalue weighted by molar-refractivity contribution is -0.147. The van der Waals surface area contributed by atoms with Crippen LogP contribution < -0.4 is 9.47 Å². The summed E-state index contributed by atoms with van der Waals surface area (Å²) in [5.41, 5.74) is -0.958. The predicted octanol–water partition coefficient (Wildman–Crippen LogP) is 2.04. The summed E-state index contributed by atoms with van der Waals surface area (Å²) in [6.45, 7) is -2.16. The fourth-order valence-corrected chi connectivity index (χ4v) is 1.48. The van der Waals surface area contributed by atoms with E-state index >= 15 is 0 Å². The van der Waals surface area contributed by atoms with Crippen molar-refractivity contribution in [2.75, 3.05) is 27.4 Å². The highest BCUT2D eigenvalue weighted by Crippen LogP contribution is 2.37. The highest BCUT2D eigenvalue weighted by Gasteiger charge is 2.36. The second-order valence-electron chi connectivity index (χ2n) is 3.78. The summed E-state index contributed by atoms with van der Waals surface area (Å²) in [6, 6.07) is 1.55. The number of hydrogen-bond acceptors (Lipinski definition) is 4. The van der Waals surface area contributed by atoms with Crippen molar-refractivity contribution in [2.45, 2.75) is 5.92 Å². The van der Waals surface area contributed by atoms with Crippen LogP contribution in [0.15, 0.2) is 12.1 Å². The molecule has 0 fully saturated rings. The first kappa shape index (κ1) is 16.1. The Kier molecular flexibility index (Phi) is 5.20. The lowest BCUT2D eigenvalue weighted by Gasteiger charge is -2.19. The van der Waals surface area contributed by atoms with E-state index in [1.165, 1.54) is 14.2 Å². The van der Waals surface area contributed by atoms with E-state index in [1.807, 2.05) is 0 Å². The van der Waals surface area contributed by atoms with Crippen LogP contribution in [-0.4, -0.2) is 38.5 Å². The van der Waals surface area contributed by atoms with Crippen molar-refractivity contribution in [3.8, 4) is 11.5 Å². The van der Waals surface area contributed by atoms with Gasteiger partial charge in [-0.15, -0.1) is 0 Å². The van der Waals surface area contributed by atoms with Crippen LogP contribution in [0.4, 0.5) is 13.2 Å². The van der Waals surface area contributed by atoms with Crippen LogP contribution in [0.3, 0.4) is 0 Å². The van der Waals surface area contributed by atoms with Crippen LogP contribution in [0.25, 0.3) is 0 Å². The third-order valence-electron chi connectivity index (χ3n) is 2.38. The lowest BCUT2D eigenvalue weighted by Crippen LogP contribution is -2.24. The highest BCUT2D eigenvalue weighted by molar-refractivity contribution is 5.68. The molecule has 0 heterocycles. The minimum absolute atomic E-state index is 0.0315. The third-order valence-corrected chi connectivity index (χ3v) is 2.38. The average molecular weight is 294 g/mol. The van der Waals surface area contributed by atoms with Crippen molar-refractivity contribution >= 4 is 5.97 Å². The van der Waals surface area contributed by atoms with Crippen LogP contribution in [-0.2, 0) is 15.5 Å². The maximum Gasteiger partial charge on any atom is 0.329 e. The fourth-order valence-electron chi connectivity index (χ4n) is 1.48. The first-order valence-electron chi connectivity index (χ1n) is 5.41. The van der Waals surface area contributed by atoms with Gasteiger partial charge < -0.3 is 19.3 Å². The summed E-state index contributed by atoms with van der Waals surface area (Å²) in [5, 5.41) is 8.31. The molecule has 0 aliphatic carbocycles. The summed E-state index contributed by atoms with van der Waals surface area (Å²) in [5.74, 6) is -6.39. The molecule has 1 aromatic carbocycles. The molecule has 0 saturated carbocycles. The zero-order valence-corrected chi connectivity index (χ0v) is 10.8. The quantitative estimate of drug-likeness (QED) is 0.833.